The first-order valence-electron chi connectivity index (χ1n) is 14.2. The number of hydrogen-bond donors (Lipinski definition) is 1. The Balaban J connectivity index is 1.52. The molecule has 0 saturated heterocycles. The minimum atomic E-state index is -0.872. The first-order chi connectivity index (χ1) is 20.1. The maximum atomic E-state index is 14.2. The molecule has 1 aliphatic carbocycles. The van der Waals surface area contributed by atoms with E-state index in [0.717, 1.165) is 36.8 Å². The van der Waals surface area contributed by atoms with Crippen LogP contribution in [0.2, 0.25) is 0 Å². The summed E-state index contributed by atoms with van der Waals surface area (Å²) >= 11 is 0. The Hall–Kier alpha value is -4.40. The van der Waals surface area contributed by atoms with E-state index in [1.807, 2.05) is 60.7 Å². The summed E-state index contributed by atoms with van der Waals surface area (Å²) in [6.07, 6.45) is 5.81. The lowest BCUT2D eigenvalue weighted by atomic mass is 9.94. The fraction of sp³-hybridized carbons (Fsp3) is 0.375. The van der Waals surface area contributed by atoms with E-state index in [-0.39, 0.29) is 24.4 Å². The predicted molar refractivity (Wildman–Crippen MR) is 157 cm³/mol. The molecule has 1 aliphatic rings. The Morgan fingerprint density at radius 3 is 2.44 bits per heavy atom. The average molecular weight is 556 g/mol. The highest BCUT2D eigenvalue weighted by Gasteiger charge is 2.34. The van der Waals surface area contributed by atoms with E-state index in [1.54, 1.807) is 35.9 Å². The van der Waals surface area contributed by atoms with Gasteiger partial charge < -0.3 is 19.7 Å². The third-order valence-electron chi connectivity index (χ3n) is 7.74. The summed E-state index contributed by atoms with van der Waals surface area (Å²) in [4.78, 5) is 30.0. The zero-order chi connectivity index (χ0) is 28.6. The highest BCUT2D eigenvalue weighted by molar-refractivity contribution is 5.89. The van der Waals surface area contributed by atoms with E-state index in [4.69, 9.17) is 9.47 Å². The molecular weight excluding hydrogens is 518 g/mol. The number of carbonyl (C=O) groups excluding carboxylic acids is 2. The Bertz CT molecular complexity index is 1470. The molecule has 3 aromatic carbocycles. The Labute approximate surface area is 240 Å². The molecule has 214 valence electrons. The second-order valence-electron chi connectivity index (χ2n) is 10.4. The molecule has 2 amide bonds. The number of hydrogen-bond acceptors (Lipinski definition) is 6. The first kappa shape index (κ1) is 28.1. The predicted octanol–water partition coefficient (Wildman–Crippen LogP) is 4.71. The van der Waals surface area contributed by atoms with Crippen LogP contribution in [0.25, 0.3) is 11.0 Å². The topological polar surface area (TPSA) is 98.6 Å². The van der Waals surface area contributed by atoms with E-state index in [2.05, 4.69) is 15.6 Å². The molecule has 4 aromatic rings. The number of aromatic nitrogens is 3. The average Bonchev–Trinajstić information content (AvgIpc) is 3.42. The zero-order valence-electron chi connectivity index (χ0n) is 23.7. The smallest absolute Gasteiger partial charge is 0.247 e. The van der Waals surface area contributed by atoms with Gasteiger partial charge in [-0.05, 0) is 54.7 Å². The highest BCUT2D eigenvalue weighted by atomic mass is 16.5. The van der Waals surface area contributed by atoms with Crippen LogP contribution in [-0.4, -0.2) is 58.5 Å². The molecule has 1 heterocycles. The van der Waals surface area contributed by atoms with Crippen molar-refractivity contribution in [3.8, 4) is 11.5 Å². The van der Waals surface area contributed by atoms with Gasteiger partial charge in [-0.2, -0.15) is 0 Å². The second-order valence-corrected chi connectivity index (χ2v) is 10.4. The van der Waals surface area contributed by atoms with Crippen molar-refractivity contribution in [3.05, 3.63) is 83.9 Å². The van der Waals surface area contributed by atoms with E-state index < -0.39 is 6.04 Å². The van der Waals surface area contributed by atoms with Crippen molar-refractivity contribution in [3.63, 3.8) is 0 Å². The van der Waals surface area contributed by atoms with Crippen molar-refractivity contribution in [2.24, 2.45) is 0 Å². The van der Waals surface area contributed by atoms with E-state index >= 15 is 0 Å². The molecule has 0 radical (unpaired) electrons. The molecular formula is C32H37N5O4. The Kier molecular flexibility index (Phi) is 9.13. The number of methoxy groups -OCH3 is 2. The van der Waals surface area contributed by atoms with Crippen LogP contribution >= 0.6 is 0 Å². The number of ether oxygens (including phenoxy) is 2. The molecule has 0 spiro atoms. The molecule has 1 aromatic heterocycles. The number of fused-ring (bicyclic) bond motifs is 1. The lowest BCUT2D eigenvalue weighted by Crippen LogP contribution is -2.48. The first-order valence-corrected chi connectivity index (χ1v) is 14.2. The molecule has 9 nitrogen and oxygen atoms in total. The van der Waals surface area contributed by atoms with Crippen molar-refractivity contribution in [2.45, 2.75) is 57.2 Å². The fourth-order valence-electron chi connectivity index (χ4n) is 5.57. The van der Waals surface area contributed by atoms with Crippen LogP contribution in [0.15, 0.2) is 72.8 Å². The molecule has 9 heteroatoms. The molecule has 1 fully saturated rings. The molecule has 0 unspecified atom stereocenters. The Morgan fingerprint density at radius 1 is 0.951 bits per heavy atom. The SMILES string of the molecule is COc1ccc([C@@H](C(=O)NC2CCCCC2)N(CCc2ccccc2)C(=O)Cn2nnc3ccccc32)cc1OC. The van der Waals surface area contributed by atoms with Crippen LogP contribution in [-0.2, 0) is 22.6 Å². The van der Waals surface area contributed by atoms with Crippen LogP contribution in [0.4, 0.5) is 0 Å². The molecule has 1 N–H and O–H groups in total. The van der Waals surface area contributed by atoms with Crippen molar-refractivity contribution < 1.29 is 19.1 Å². The van der Waals surface area contributed by atoms with Gasteiger partial charge in [-0.15, -0.1) is 5.10 Å². The maximum absolute atomic E-state index is 14.2. The van der Waals surface area contributed by atoms with Gasteiger partial charge in [0.25, 0.3) is 0 Å². The summed E-state index contributed by atoms with van der Waals surface area (Å²) < 4.78 is 12.6. The molecule has 5 rings (SSSR count). The quantitative estimate of drug-likeness (QED) is 0.288. The number of carbonyl (C=O) groups is 2. The van der Waals surface area contributed by atoms with E-state index in [1.165, 1.54) is 6.42 Å². The summed E-state index contributed by atoms with van der Waals surface area (Å²) in [5.41, 5.74) is 3.21. The van der Waals surface area contributed by atoms with Crippen molar-refractivity contribution in [1.29, 1.82) is 0 Å². The molecule has 1 saturated carbocycles. The third kappa shape index (κ3) is 6.67. The van der Waals surface area contributed by atoms with Crippen molar-refractivity contribution in [1.82, 2.24) is 25.2 Å². The van der Waals surface area contributed by atoms with Gasteiger partial charge in [0.2, 0.25) is 11.8 Å². The summed E-state index contributed by atoms with van der Waals surface area (Å²) in [6, 6.07) is 22.1. The minimum Gasteiger partial charge on any atom is -0.493 e. The van der Waals surface area contributed by atoms with Crippen LogP contribution < -0.4 is 14.8 Å². The van der Waals surface area contributed by atoms with Gasteiger partial charge in [0.05, 0.1) is 19.7 Å². The lowest BCUT2D eigenvalue weighted by Gasteiger charge is -2.34. The second kappa shape index (κ2) is 13.3. The van der Waals surface area contributed by atoms with E-state index in [0.29, 0.717) is 35.5 Å². The van der Waals surface area contributed by atoms with Gasteiger partial charge >= 0.3 is 0 Å². The van der Waals surface area contributed by atoms with Gasteiger partial charge in [0, 0.05) is 12.6 Å². The number of rotatable bonds is 11. The van der Waals surface area contributed by atoms with Gasteiger partial charge in [-0.25, -0.2) is 4.68 Å². The molecule has 1 atom stereocenters. The van der Waals surface area contributed by atoms with Gasteiger partial charge in [0.15, 0.2) is 11.5 Å². The van der Waals surface area contributed by atoms with Gasteiger partial charge in [-0.1, -0.05) is 73.0 Å². The monoisotopic (exact) mass is 555 g/mol. The van der Waals surface area contributed by atoms with Crippen molar-refractivity contribution >= 4 is 22.8 Å². The summed E-state index contributed by atoms with van der Waals surface area (Å²) in [6.45, 7) is 0.294. The van der Waals surface area contributed by atoms with Crippen LogP contribution in [0.1, 0.15) is 49.3 Å². The number of benzene rings is 3. The third-order valence-corrected chi connectivity index (χ3v) is 7.74. The molecule has 0 bridgehead atoms. The lowest BCUT2D eigenvalue weighted by molar-refractivity contribution is -0.141. The molecule has 41 heavy (non-hydrogen) atoms. The zero-order valence-corrected chi connectivity index (χ0v) is 23.7. The summed E-state index contributed by atoms with van der Waals surface area (Å²) in [5.74, 6) is 0.626. The summed E-state index contributed by atoms with van der Waals surface area (Å²) in [5, 5.41) is 11.7. The van der Waals surface area contributed by atoms with Crippen molar-refractivity contribution in [2.75, 3.05) is 20.8 Å². The highest BCUT2D eigenvalue weighted by Crippen LogP contribution is 2.33. The normalized spacial score (nSPS) is 14.4. The minimum absolute atomic E-state index is 0.0458. The largest absolute Gasteiger partial charge is 0.493 e. The Morgan fingerprint density at radius 2 is 1.68 bits per heavy atom. The molecule has 0 aliphatic heterocycles. The number of nitrogens with one attached hydrogen (secondary N) is 1. The van der Waals surface area contributed by atoms with E-state index in [9.17, 15) is 9.59 Å². The van der Waals surface area contributed by atoms with Crippen LogP contribution in [0.3, 0.4) is 0 Å². The fourth-order valence-corrected chi connectivity index (χ4v) is 5.57. The number of amides is 2. The number of para-hydroxylation sites is 1. The van der Waals surface area contributed by atoms with Crippen LogP contribution in [0.5, 0.6) is 11.5 Å². The van der Waals surface area contributed by atoms with Crippen LogP contribution in [0, 0.1) is 0 Å². The number of nitrogens with zero attached hydrogens (tertiary/aromatic N) is 4. The standard InChI is InChI=1S/C32H37N5O4/c1-40-28-18-17-24(21-29(28)41-2)31(32(39)33-25-13-7-4-8-14-25)36(20-19-23-11-5-3-6-12-23)30(38)22-37-27-16-10-9-15-26(27)34-35-37/h3,5-6,9-12,15-18,21,25,31H,4,7-8,13-14,19-20,22H2,1-2H3,(H,33,39)/t31-/m0/s1. The maximum Gasteiger partial charge on any atom is 0.247 e. The van der Waals surface area contributed by atoms with Gasteiger partial charge in [0.1, 0.15) is 18.1 Å². The summed E-state index contributed by atoms with van der Waals surface area (Å²) in [7, 11) is 3.13. The van der Waals surface area contributed by atoms with Gasteiger partial charge in [-0.3, -0.25) is 9.59 Å².